The summed E-state index contributed by atoms with van der Waals surface area (Å²) < 4.78 is 5.13. The van der Waals surface area contributed by atoms with E-state index in [9.17, 15) is 0 Å². The van der Waals surface area contributed by atoms with Crippen molar-refractivity contribution in [2.45, 2.75) is 33.9 Å². The highest BCUT2D eigenvalue weighted by molar-refractivity contribution is 5.37. The Kier molecular flexibility index (Phi) is 3.98. The molecule has 0 atom stereocenters. The molecule has 1 aromatic carbocycles. The predicted octanol–water partition coefficient (Wildman–Crippen LogP) is 2.76. The van der Waals surface area contributed by atoms with Crippen LogP contribution in [0.25, 0.3) is 0 Å². The normalized spacial score (nSPS) is 10.4. The average molecular weight is 255 g/mol. The van der Waals surface area contributed by atoms with Gasteiger partial charge in [0, 0.05) is 18.7 Å². The number of aromatic nitrogens is 1. The summed E-state index contributed by atoms with van der Waals surface area (Å²) in [6.07, 6.45) is 0. The van der Waals surface area contributed by atoms with Crippen molar-refractivity contribution in [2.24, 2.45) is 0 Å². The van der Waals surface area contributed by atoms with Gasteiger partial charge in [0.1, 0.15) is 5.76 Å². The first kappa shape index (κ1) is 13.3. The monoisotopic (exact) mass is 255 g/mol. The maximum atomic E-state index is 8.83. The minimum atomic E-state index is 0.701. The van der Waals surface area contributed by atoms with Gasteiger partial charge in [-0.2, -0.15) is 5.26 Å². The highest BCUT2D eigenvalue weighted by Crippen LogP contribution is 2.13. The molecular weight excluding hydrogens is 238 g/mol. The second-order valence-electron chi connectivity index (χ2n) is 4.66. The smallest absolute Gasteiger partial charge is 0.138 e. The number of benzene rings is 1. The fourth-order valence-corrected chi connectivity index (χ4v) is 2.04. The summed E-state index contributed by atoms with van der Waals surface area (Å²) in [7, 11) is 0. The summed E-state index contributed by atoms with van der Waals surface area (Å²) in [4.78, 5) is 0. The number of aryl methyl sites for hydroxylation is 3. The molecule has 4 heteroatoms. The molecule has 1 N–H and O–H groups in total. The highest BCUT2D eigenvalue weighted by Gasteiger charge is 2.08. The minimum Gasteiger partial charge on any atom is -0.361 e. The van der Waals surface area contributed by atoms with E-state index in [0.29, 0.717) is 5.56 Å². The molecule has 0 amide bonds. The Morgan fingerprint density at radius 2 is 2.05 bits per heavy atom. The first-order valence-corrected chi connectivity index (χ1v) is 6.24. The van der Waals surface area contributed by atoms with Crippen LogP contribution < -0.4 is 5.32 Å². The van der Waals surface area contributed by atoms with Gasteiger partial charge in [0.05, 0.1) is 17.3 Å². The van der Waals surface area contributed by atoms with Crippen LogP contribution in [0, 0.1) is 32.1 Å². The Morgan fingerprint density at radius 3 is 2.63 bits per heavy atom. The summed E-state index contributed by atoms with van der Waals surface area (Å²) in [5.41, 5.74) is 5.08. The molecule has 0 aliphatic carbocycles. The van der Waals surface area contributed by atoms with Gasteiger partial charge in [-0.15, -0.1) is 0 Å². The molecule has 2 aromatic rings. The Morgan fingerprint density at radius 1 is 1.26 bits per heavy atom. The number of hydrogen-bond acceptors (Lipinski definition) is 4. The number of nitrogens with one attached hydrogen (secondary N) is 1. The molecule has 0 saturated carbocycles. The summed E-state index contributed by atoms with van der Waals surface area (Å²) in [5.74, 6) is 0.863. The van der Waals surface area contributed by atoms with Crippen molar-refractivity contribution in [3.63, 3.8) is 0 Å². The van der Waals surface area contributed by atoms with Crippen molar-refractivity contribution in [1.82, 2.24) is 10.5 Å². The highest BCUT2D eigenvalue weighted by atomic mass is 16.5. The lowest BCUT2D eigenvalue weighted by Crippen LogP contribution is -2.14. The van der Waals surface area contributed by atoms with Crippen LogP contribution in [0.3, 0.4) is 0 Å². The van der Waals surface area contributed by atoms with Gasteiger partial charge in [-0.05, 0) is 44.0 Å². The van der Waals surface area contributed by atoms with Crippen molar-refractivity contribution in [1.29, 1.82) is 5.26 Å². The molecular formula is C15H17N3O. The molecule has 0 bridgehead atoms. The van der Waals surface area contributed by atoms with Crippen LogP contribution in [-0.4, -0.2) is 5.16 Å². The molecule has 0 saturated heterocycles. The van der Waals surface area contributed by atoms with Crippen molar-refractivity contribution >= 4 is 0 Å². The summed E-state index contributed by atoms with van der Waals surface area (Å²) in [6, 6.07) is 7.90. The van der Waals surface area contributed by atoms with Gasteiger partial charge in [0.25, 0.3) is 0 Å². The molecule has 1 aromatic heterocycles. The van der Waals surface area contributed by atoms with Crippen LogP contribution >= 0.6 is 0 Å². The third kappa shape index (κ3) is 3.01. The van der Waals surface area contributed by atoms with E-state index in [2.05, 4.69) is 16.5 Å². The summed E-state index contributed by atoms with van der Waals surface area (Å²) in [5, 5.41) is 16.1. The molecule has 19 heavy (non-hydrogen) atoms. The molecule has 1 heterocycles. The largest absolute Gasteiger partial charge is 0.361 e. The van der Waals surface area contributed by atoms with Crippen molar-refractivity contribution in [3.05, 3.63) is 51.9 Å². The molecule has 4 nitrogen and oxygen atoms in total. The fourth-order valence-electron chi connectivity index (χ4n) is 2.04. The van der Waals surface area contributed by atoms with Crippen LogP contribution in [0.15, 0.2) is 22.7 Å². The second-order valence-corrected chi connectivity index (χ2v) is 4.66. The maximum Gasteiger partial charge on any atom is 0.138 e. The number of nitriles is 1. The van der Waals surface area contributed by atoms with Gasteiger partial charge in [0.2, 0.25) is 0 Å². The zero-order valence-corrected chi connectivity index (χ0v) is 11.4. The van der Waals surface area contributed by atoms with Gasteiger partial charge < -0.3 is 9.84 Å². The Hall–Kier alpha value is -2.12. The lowest BCUT2D eigenvalue weighted by Gasteiger charge is -2.08. The topological polar surface area (TPSA) is 61.9 Å². The average Bonchev–Trinajstić information content (AvgIpc) is 2.72. The maximum absolute atomic E-state index is 8.83. The molecule has 0 fully saturated rings. The zero-order chi connectivity index (χ0) is 13.8. The van der Waals surface area contributed by atoms with Crippen LogP contribution in [0.2, 0.25) is 0 Å². The van der Waals surface area contributed by atoms with Gasteiger partial charge in [0.15, 0.2) is 0 Å². The Bertz CT molecular complexity index is 603. The summed E-state index contributed by atoms with van der Waals surface area (Å²) in [6.45, 7) is 7.39. The Balaban J connectivity index is 1.99. The van der Waals surface area contributed by atoms with Crippen molar-refractivity contribution in [2.75, 3.05) is 0 Å². The fraction of sp³-hybridized carbons (Fsp3) is 0.333. The first-order valence-electron chi connectivity index (χ1n) is 6.24. The minimum absolute atomic E-state index is 0.701. The molecule has 2 rings (SSSR count). The van der Waals surface area contributed by atoms with E-state index in [0.717, 1.165) is 35.7 Å². The van der Waals surface area contributed by atoms with E-state index in [-0.39, 0.29) is 0 Å². The van der Waals surface area contributed by atoms with E-state index in [1.54, 1.807) is 0 Å². The van der Waals surface area contributed by atoms with E-state index in [4.69, 9.17) is 9.78 Å². The number of hydrogen-bond donors (Lipinski definition) is 1. The van der Waals surface area contributed by atoms with Gasteiger partial charge in [-0.3, -0.25) is 0 Å². The van der Waals surface area contributed by atoms with Crippen LogP contribution in [-0.2, 0) is 13.1 Å². The lowest BCUT2D eigenvalue weighted by molar-refractivity contribution is 0.392. The second kappa shape index (κ2) is 5.68. The Labute approximate surface area is 113 Å². The van der Waals surface area contributed by atoms with Crippen molar-refractivity contribution in [3.8, 4) is 6.07 Å². The summed E-state index contributed by atoms with van der Waals surface area (Å²) >= 11 is 0. The standard InChI is InChI=1S/C15H17N3O/c1-10-6-13(7-16)4-5-14(10)8-17-9-15-11(2)18-19-12(15)3/h4-6,17H,8-9H2,1-3H3. The predicted molar refractivity (Wildman–Crippen MR) is 72.4 cm³/mol. The molecule has 0 unspecified atom stereocenters. The molecule has 98 valence electrons. The van der Waals surface area contributed by atoms with Crippen LogP contribution in [0.4, 0.5) is 0 Å². The zero-order valence-electron chi connectivity index (χ0n) is 11.4. The lowest BCUT2D eigenvalue weighted by atomic mass is 10.1. The van der Waals surface area contributed by atoms with Gasteiger partial charge >= 0.3 is 0 Å². The molecule has 0 aliphatic rings. The van der Waals surface area contributed by atoms with Crippen LogP contribution in [0.1, 0.15) is 33.7 Å². The molecule has 0 radical (unpaired) electrons. The number of rotatable bonds is 4. The van der Waals surface area contributed by atoms with E-state index >= 15 is 0 Å². The van der Waals surface area contributed by atoms with E-state index < -0.39 is 0 Å². The SMILES string of the molecule is Cc1cc(C#N)ccc1CNCc1c(C)noc1C. The van der Waals surface area contributed by atoms with E-state index in [1.165, 1.54) is 5.56 Å². The number of nitrogens with zero attached hydrogens (tertiary/aromatic N) is 2. The molecule has 0 spiro atoms. The quantitative estimate of drug-likeness (QED) is 0.912. The van der Waals surface area contributed by atoms with Gasteiger partial charge in [-0.1, -0.05) is 11.2 Å². The third-order valence-corrected chi connectivity index (χ3v) is 3.27. The van der Waals surface area contributed by atoms with Crippen LogP contribution in [0.5, 0.6) is 0 Å². The van der Waals surface area contributed by atoms with Crippen molar-refractivity contribution < 1.29 is 4.52 Å². The van der Waals surface area contributed by atoms with E-state index in [1.807, 2.05) is 39.0 Å². The van der Waals surface area contributed by atoms with Gasteiger partial charge in [-0.25, -0.2) is 0 Å². The third-order valence-electron chi connectivity index (χ3n) is 3.27. The molecule has 0 aliphatic heterocycles. The first-order chi connectivity index (χ1) is 9.11.